The summed E-state index contributed by atoms with van der Waals surface area (Å²) in [6.45, 7) is -1.36. The van der Waals surface area contributed by atoms with Crippen LogP contribution in [0.25, 0.3) is 0 Å². The third-order valence-electron chi connectivity index (χ3n) is 4.75. The third kappa shape index (κ3) is 4.55. The Balaban J connectivity index is 2.03. The van der Waals surface area contributed by atoms with Gasteiger partial charge in [-0.05, 0) is 30.2 Å². The monoisotopic (exact) mass is 436 g/mol. The average molecular weight is 436 g/mol. The minimum Gasteiger partial charge on any atom is -0.490 e. The first kappa shape index (κ1) is 21.9. The van der Waals surface area contributed by atoms with Crippen molar-refractivity contribution in [2.45, 2.75) is 32.5 Å². The predicted octanol–water partition coefficient (Wildman–Crippen LogP) is 3.77. The summed E-state index contributed by atoms with van der Waals surface area (Å²) in [5, 5.41) is 20.7. The molecule has 3 rings (SSSR count). The van der Waals surface area contributed by atoms with Crippen molar-refractivity contribution in [1.29, 1.82) is 0 Å². The maximum atomic E-state index is 13.0. The molecule has 164 valence electrons. The van der Waals surface area contributed by atoms with Crippen molar-refractivity contribution in [3.63, 3.8) is 0 Å². The standard InChI is InChI=1S/C20H18F2N2O7/c1-2-30-16-8-11(6-7-15(16)31-20(21)22)14(9-17(25)26)23-10-12-4-3-5-13(24(28)29)18(12)19(23)27/h3-8,14,20H,2,9-10H2,1H3,(H,25,26). The van der Waals surface area contributed by atoms with E-state index in [1.54, 1.807) is 13.0 Å². The van der Waals surface area contributed by atoms with Crippen LogP contribution in [0.1, 0.15) is 40.9 Å². The van der Waals surface area contributed by atoms with Crippen LogP contribution in [0.15, 0.2) is 36.4 Å². The van der Waals surface area contributed by atoms with E-state index in [1.165, 1.54) is 35.2 Å². The number of benzene rings is 2. The van der Waals surface area contributed by atoms with E-state index in [0.717, 1.165) is 0 Å². The minimum atomic E-state index is -3.09. The highest BCUT2D eigenvalue weighted by molar-refractivity contribution is 6.02. The molecule has 1 aliphatic heterocycles. The molecule has 0 aliphatic carbocycles. The van der Waals surface area contributed by atoms with Gasteiger partial charge in [0.25, 0.3) is 11.6 Å². The highest BCUT2D eigenvalue weighted by Gasteiger charge is 2.39. The van der Waals surface area contributed by atoms with Crippen molar-refractivity contribution in [1.82, 2.24) is 4.90 Å². The number of hydrogen-bond acceptors (Lipinski definition) is 6. The van der Waals surface area contributed by atoms with Gasteiger partial charge in [-0.25, -0.2) is 0 Å². The van der Waals surface area contributed by atoms with Crippen molar-refractivity contribution < 1.29 is 37.9 Å². The number of halogens is 2. The number of carboxylic acid groups (broad SMARTS) is 1. The van der Waals surface area contributed by atoms with Gasteiger partial charge in [0.1, 0.15) is 5.56 Å². The van der Waals surface area contributed by atoms with Gasteiger partial charge in [0.05, 0.1) is 24.0 Å². The molecule has 1 atom stereocenters. The van der Waals surface area contributed by atoms with Crippen LogP contribution in [0.2, 0.25) is 0 Å². The van der Waals surface area contributed by atoms with E-state index >= 15 is 0 Å². The Morgan fingerprint density at radius 1 is 1.29 bits per heavy atom. The van der Waals surface area contributed by atoms with E-state index in [9.17, 15) is 33.6 Å². The van der Waals surface area contributed by atoms with Crippen LogP contribution < -0.4 is 9.47 Å². The summed E-state index contributed by atoms with van der Waals surface area (Å²) >= 11 is 0. The third-order valence-corrected chi connectivity index (χ3v) is 4.75. The first-order valence-electron chi connectivity index (χ1n) is 9.23. The van der Waals surface area contributed by atoms with Crippen LogP contribution in [-0.4, -0.2) is 40.0 Å². The van der Waals surface area contributed by atoms with Crippen molar-refractivity contribution in [3.8, 4) is 11.5 Å². The fourth-order valence-corrected chi connectivity index (χ4v) is 3.54. The van der Waals surface area contributed by atoms with Gasteiger partial charge < -0.3 is 19.5 Å². The second-order valence-electron chi connectivity index (χ2n) is 6.63. The van der Waals surface area contributed by atoms with Gasteiger partial charge in [-0.2, -0.15) is 8.78 Å². The summed E-state index contributed by atoms with van der Waals surface area (Å²) in [5.41, 5.74) is 0.244. The van der Waals surface area contributed by atoms with Crippen molar-refractivity contribution in [3.05, 3.63) is 63.2 Å². The van der Waals surface area contributed by atoms with Crippen molar-refractivity contribution in [2.75, 3.05) is 6.61 Å². The lowest BCUT2D eigenvalue weighted by Gasteiger charge is -2.27. The fourth-order valence-electron chi connectivity index (χ4n) is 3.54. The van der Waals surface area contributed by atoms with Crippen LogP contribution >= 0.6 is 0 Å². The molecule has 0 radical (unpaired) electrons. The van der Waals surface area contributed by atoms with E-state index < -0.39 is 35.9 Å². The Morgan fingerprint density at radius 3 is 2.65 bits per heavy atom. The smallest absolute Gasteiger partial charge is 0.387 e. The summed E-state index contributed by atoms with van der Waals surface area (Å²) in [5.74, 6) is -2.17. The molecule has 1 amide bonds. The molecule has 2 aromatic carbocycles. The maximum Gasteiger partial charge on any atom is 0.387 e. The number of hydrogen-bond donors (Lipinski definition) is 1. The molecule has 2 aromatic rings. The number of alkyl halides is 2. The van der Waals surface area contributed by atoms with E-state index in [-0.39, 0.29) is 35.9 Å². The van der Waals surface area contributed by atoms with Gasteiger partial charge in [-0.1, -0.05) is 18.2 Å². The van der Waals surface area contributed by atoms with Crippen LogP contribution in [0.5, 0.6) is 11.5 Å². The second kappa shape index (κ2) is 8.94. The highest BCUT2D eigenvalue weighted by Crippen LogP contribution is 2.40. The van der Waals surface area contributed by atoms with Gasteiger partial charge in [0.15, 0.2) is 11.5 Å². The molecule has 0 fully saturated rings. The Bertz CT molecular complexity index is 1030. The predicted molar refractivity (Wildman–Crippen MR) is 102 cm³/mol. The number of carbonyl (C=O) groups excluding carboxylic acids is 1. The number of fused-ring (bicyclic) bond motifs is 1. The SMILES string of the molecule is CCOc1cc(C(CC(=O)O)N2Cc3cccc([N+](=O)[O-])c3C2=O)ccc1OC(F)F. The van der Waals surface area contributed by atoms with Gasteiger partial charge in [-0.15, -0.1) is 0 Å². The highest BCUT2D eigenvalue weighted by atomic mass is 19.3. The van der Waals surface area contributed by atoms with Gasteiger partial charge in [0, 0.05) is 12.6 Å². The van der Waals surface area contributed by atoms with E-state index in [2.05, 4.69) is 4.74 Å². The first-order valence-corrected chi connectivity index (χ1v) is 9.23. The van der Waals surface area contributed by atoms with Crippen LogP contribution in [0.4, 0.5) is 14.5 Å². The summed E-state index contributed by atoms with van der Waals surface area (Å²) in [7, 11) is 0. The molecule has 9 nitrogen and oxygen atoms in total. The molecule has 0 saturated carbocycles. The molecule has 0 bridgehead atoms. The molecule has 1 heterocycles. The molecule has 11 heteroatoms. The summed E-state index contributed by atoms with van der Waals surface area (Å²) in [6, 6.07) is 7.09. The number of nitro groups is 1. The normalized spacial score (nSPS) is 13.8. The molecule has 1 unspecified atom stereocenters. The lowest BCUT2D eigenvalue weighted by Crippen LogP contribution is -2.31. The summed E-state index contributed by atoms with van der Waals surface area (Å²) in [4.78, 5) is 36.4. The molecule has 1 N–H and O–H groups in total. The Hall–Kier alpha value is -3.76. The number of aliphatic carboxylic acids is 1. The topological polar surface area (TPSA) is 119 Å². The Labute approximate surface area is 174 Å². The zero-order chi connectivity index (χ0) is 22.7. The number of rotatable bonds is 9. The molecule has 1 aliphatic rings. The number of nitro benzene ring substituents is 1. The molecule has 0 spiro atoms. The molecule has 0 aromatic heterocycles. The van der Waals surface area contributed by atoms with Gasteiger partial charge in [-0.3, -0.25) is 19.7 Å². The number of carboxylic acids is 1. The maximum absolute atomic E-state index is 13.0. The fraction of sp³-hybridized carbons (Fsp3) is 0.300. The number of ether oxygens (including phenoxy) is 2. The van der Waals surface area contributed by atoms with Gasteiger partial charge in [0.2, 0.25) is 0 Å². The Morgan fingerprint density at radius 2 is 2.03 bits per heavy atom. The van der Waals surface area contributed by atoms with Crippen LogP contribution in [-0.2, 0) is 11.3 Å². The zero-order valence-corrected chi connectivity index (χ0v) is 16.3. The Kier molecular flexibility index (Phi) is 6.33. The second-order valence-corrected chi connectivity index (χ2v) is 6.63. The summed E-state index contributed by atoms with van der Waals surface area (Å²) < 4.78 is 35.1. The number of carbonyl (C=O) groups is 2. The minimum absolute atomic E-state index is 0.0347. The van der Waals surface area contributed by atoms with Gasteiger partial charge >= 0.3 is 12.6 Å². The molecular formula is C20H18F2N2O7. The van der Waals surface area contributed by atoms with E-state index in [0.29, 0.717) is 11.1 Å². The van der Waals surface area contributed by atoms with Crippen molar-refractivity contribution in [2.24, 2.45) is 0 Å². The lowest BCUT2D eigenvalue weighted by atomic mass is 10.0. The van der Waals surface area contributed by atoms with E-state index in [1.807, 2.05) is 0 Å². The van der Waals surface area contributed by atoms with Crippen molar-refractivity contribution >= 4 is 17.6 Å². The quantitative estimate of drug-likeness (QED) is 0.469. The number of amides is 1. The van der Waals surface area contributed by atoms with Crippen LogP contribution in [0.3, 0.4) is 0 Å². The average Bonchev–Trinajstić information content (AvgIpc) is 3.03. The van der Waals surface area contributed by atoms with Crippen LogP contribution in [0, 0.1) is 10.1 Å². The summed E-state index contributed by atoms with van der Waals surface area (Å²) in [6.07, 6.45) is -0.506. The lowest BCUT2D eigenvalue weighted by molar-refractivity contribution is -0.385. The first-order chi connectivity index (χ1) is 14.7. The zero-order valence-electron chi connectivity index (χ0n) is 16.3. The van der Waals surface area contributed by atoms with E-state index in [4.69, 9.17) is 4.74 Å². The molecule has 31 heavy (non-hydrogen) atoms. The molecule has 0 saturated heterocycles. The number of nitrogens with zero attached hydrogens (tertiary/aromatic N) is 2. The molecular weight excluding hydrogens is 418 g/mol. The largest absolute Gasteiger partial charge is 0.490 e.